The molecule has 3 aromatic rings. The summed E-state index contributed by atoms with van der Waals surface area (Å²) in [5.74, 6) is -0.737. The van der Waals surface area contributed by atoms with Crippen molar-refractivity contribution in [3.05, 3.63) is 63.1 Å². The van der Waals surface area contributed by atoms with E-state index < -0.39 is 5.76 Å². The van der Waals surface area contributed by atoms with E-state index in [-0.39, 0.29) is 5.91 Å². The van der Waals surface area contributed by atoms with E-state index in [9.17, 15) is 9.59 Å². The van der Waals surface area contributed by atoms with Crippen molar-refractivity contribution in [1.82, 2.24) is 4.57 Å². The molecule has 0 aliphatic carbocycles. The summed E-state index contributed by atoms with van der Waals surface area (Å²) in [6, 6.07) is 10.2. The van der Waals surface area contributed by atoms with E-state index in [2.05, 4.69) is 5.32 Å². The zero-order chi connectivity index (χ0) is 15.9. The normalized spacial score (nSPS) is 10.9. The number of rotatable bonds is 2. The van der Waals surface area contributed by atoms with Gasteiger partial charge in [-0.05, 0) is 42.8 Å². The van der Waals surface area contributed by atoms with Crippen LogP contribution in [0.2, 0.25) is 5.02 Å². The smallest absolute Gasteiger partial charge is 0.408 e. The molecule has 5 nitrogen and oxygen atoms in total. The third-order valence-electron chi connectivity index (χ3n) is 3.57. The molecule has 0 unspecified atom stereocenters. The number of hydrogen-bond donors (Lipinski definition) is 1. The molecule has 0 aliphatic rings. The van der Waals surface area contributed by atoms with Crippen molar-refractivity contribution in [1.29, 1.82) is 0 Å². The number of aryl methyl sites for hydroxylation is 1. The minimum Gasteiger partial charge on any atom is -0.408 e. The molecule has 1 amide bonds. The summed E-state index contributed by atoms with van der Waals surface area (Å²) in [7, 11) is 1.59. The maximum absolute atomic E-state index is 12.4. The maximum atomic E-state index is 12.4. The Kier molecular flexibility index (Phi) is 3.50. The highest BCUT2D eigenvalue weighted by atomic mass is 35.5. The van der Waals surface area contributed by atoms with Gasteiger partial charge >= 0.3 is 5.76 Å². The molecular weight excluding hydrogens is 304 g/mol. The number of carbonyl (C=O) groups excluding carboxylic acids is 1. The summed E-state index contributed by atoms with van der Waals surface area (Å²) in [6.07, 6.45) is 0. The van der Waals surface area contributed by atoms with Gasteiger partial charge in [0.2, 0.25) is 0 Å². The third-order valence-corrected chi connectivity index (χ3v) is 3.98. The SMILES string of the molecule is Cc1c(Cl)cccc1NC(=O)c1ccc2oc(=O)n(C)c2c1. The van der Waals surface area contributed by atoms with Crippen molar-refractivity contribution >= 4 is 34.3 Å². The molecule has 1 N–H and O–H groups in total. The van der Waals surface area contributed by atoms with Crippen LogP contribution in [0.5, 0.6) is 0 Å². The lowest BCUT2D eigenvalue weighted by Gasteiger charge is -2.09. The lowest BCUT2D eigenvalue weighted by atomic mass is 10.1. The zero-order valence-electron chi connectivity index (χ0n) is 12.0. The second-order valence-corrected chi connectivity index (χ2v) is 5.38. The van der Waals surface area contributed by atoms with Crippen LogP contribution in [-0.4, -0.2) is 10.5 Å². The monoisotopic (exact) mass is 316 g/mol. The predicted molar refractivity (Wildman–Crippen MR) is 85.6 cm³/mol. The topological polar surface area (TPSA) is 64.2 Å². The Balaban J connectivity index is 1.97. The van der Waals surface area contributed by atoms with Crippen molar-refractivity contribution in [2.45, 2.75) is 6.92 Å². The fourth-order valence-electron chi connectivity index (χ4n) is 2.21. The molecule has 0 saturated carbocycles. The Morgan fingerprint density at radius 1 is 1.27 bits per heavy atom. The van der Waals surface area contributed by atoms with Crippen LogP contribution in [0.3, 0.4) is 0 Å². The van der Waals surface area contributed by atoms with Crippen molar-refractivity contribution in [3.63, 3.8) is 0 Å². The number of nitrogens with zero attached hydrogens (tertiary/aromatic N) is 1. The number of aromatic nitrogens is 1. The molecule has 0 fully saturated rings. The molecular formula is C16H13ClN2O3. The molecule has 0 spiro atoms. The van der Waals surface area contributed by atoms with Crippen LogP contribution >= 0.6 is 11.6 Å². The number of fused-ring (bicyclic) bond motifs is 1. The highest BCUT2D eigenvalue weighted by molar-refractivity contribution is 6.31. The first-order valence-electron chi connectivity index (χ1n) is 6.63. The number of benzene rings is 2. The Bertz CT molecular complexity index is 940. The van der Waals surface area contributed by atoms with Crippen LogP contribution in [0.15, 0.2) is 45.6 Å². The van der Waals surface area contributed by atoms with E-state index in [1.165, 1.54) is 4.57 Å². The number of oxazole rings is 1. The van der Waals surface area contributed by atoms with E-state index in [0.29, 0.717) is 27.4 Å². The van der Waals surface area contributed by atoms with E-state index in [1.807, 2.05) is 6.92 Å². The van der Waals surface area contributed by atoms with Gasteiger partial charge < -0.3 is 9.73 Å². The average Bonchev–Trinajstić information content (AvgIpc) is 2.78. The lowest BCUT2D eigenvalue weighted by Crippen LogP contribution is -2.13. The first kappa shape index (κ1) is 14.4. The van der Waals surface area contributed by atoms with E-state index in [4.69, 9.17) is 16.0 Å². The van der Waals surface area contributed by atoms with Crippen LogP contribution < -0.4 is 11.1 Å². The Labute approximate surface area is 131 Å². The predicted octanol–water partition coefficient (Wildman–Crippen LogP) is 3.35. The molecule has 112 valence electrons. The van der Waals surface area contributed by atoms with Gasteiger partial charge in [-0.1, -0.05) is 17.7 Å². The highest BCUT2D eigenvalue weighted by Gasteiger charge is 2.12. The van der Waals surface area contributed by atoms with Gasteiger partial charge in [-0.3, -0.25) is 9.36 Å². The number of nitrogens with one attached hydrogen (secondary N) is 1. The van der Waals surface area contributed by atoms with Crippen molar-refractivity contribution in [2.24, 2.45) is 7.05 Å². The first-order valence-corrected chi connectivity index (χ1v) is 7.01. The standard InChI is InChI=1S/C16H13ClN2O3/c1-9-11(17)4-3-5-12(9)18-15(20)10-6-7-14-13(8-10)19(2)16(21)22-14/h3-8H,1-2H3,(H,18,20). The van der Waals surface area contributed by atoms with E-state index in [1.54, 1.807) is 43.4 Å². The van der Waals surface area contributed by atoms with Crippen LogP contribution in [0.25, 0.3) is 11.1 Å². The largest absolute Gasteiger partial charge is 0.419 e. The van der Waals surface area contributed by atoms with Crippen LogP contribution in [0, 0.1) is 6.92 Å². The van der Waals surface area contributed by atoms with Gasteiger partial charge in [0.15, 0.2) is 5.58 Å². The van der Waals surface area contributed by atoms with Crippen LogP contribution in [0.4, 0.5) is 5.69 Å². The van der Waals surface area contributed by atoms with Crippen molar-refractivity contribution in [3.8, 4) is 0 Å². The number of hydrogen-bond acceptors (Lipinski definition) is 3. The second kappa shape index (κ2) is 5.35. The molecule has 0 radical (unpaired) electrons. The number of anilines is 1. The molecule has 0 atom stereocenters. The van der Waals surface area contributed by atoms with Crippen molar-refractivity contribution < 1.29 is 9.21 Å². The third kappa shape index (κ3) is 2.40. The van der Waals surface area contributed by atoms with Gasteiger partial charge in [-0.15, -0.1) is 0 Å². The molecule has 1 heterocycles. The molecule has 2 aromatic carbocycles. The maximum Gasteiger partial charge on any atom is 0.419 e. The Hall–Kier alpha value is -2.53. The highest BCUT2D eigenvalue weighted by Crippen LogP contribution is 2.24. The molecule has 0 bridgehead atoms. The minimum atomic E-state index is -0.460. The fourth-order valence-corrected chi connectivity index (χ4v) is 2.38. The van der Waals surface area contributed by atoms with Gasteiger partial charge in [-0.25, -0.2) is 4.79 Å². The average molecular weight is 317 g/mol. The summed E-state index contributed by atoms with van der Waals surface area (Å²) >= 11 is 6.04. The molecule has 0 aliphatic heterocycles. The van der Waals surface area contributed by atoms with Gasteiger partial charge in [0.1, 0.15) is 0 Å². The number of amides is 1. The van der Waals surface area contributed by atoms with Crippen molar-refractivity contribution in [2.75, 3.05) is 5.32 Å². The zero-order valence-corrected chi connectivity index (χ0v) is 12.8. The Morgan fingerprint density at radius 3 is 2.82 bits per heavy atom. The first-order chi connectivity index (χ1) is 10.5. The van der Waals surface area contributed by atoms with Gasteiger partial charge in [0, 0.05) is 23.3 Å². The Morgan fingerprint density at radius 2 is 2.05 bits per heavy atom. The number of carbonyl (C=O) groups is 1. The molecule has 6 heteroatoms. The summed E-state index contributed by atoms with van der Waals surface area (Å²) in [4.78, 5) is 23.8. The molecule has 1 aromatic heterocycles. The summed E-state index contributed by atoms with van der Waals surface area (Å²) in [5, 5.41) is 3.41. The van der Waals surface area contributed by atoms with Gasteiger partial charge in [0.25, 0.3) is 5.91 Å². The summed E-state index contributed by atoms with van der Waals surface area (Å²) in [6.45, 7) is 1.83. The lowest BCUT2D eigenvalue weighted by molar-refractivity contribution is 0.102. The number of halogens is 1. The van der Waals surface area contributed by atoms with Gasteiger partial charge in [0.05, 0.1) is 5.52 Å². The van der Waals surface area contributed by atoms with Crippen LogP contribution in [-0.2, 0) is 7.05 Å². The summed E-state index contributed by atoms with van der Waals surface area (Å²) < 4.78 is 6.40. The van der Waals surface area contributed by atoms with E-state index in [0.717, 1.165) is 5.56 Å². The molecule has 0 saturated heterocycles. The fraction of sp³-hybridized carbons (Fsp3) is 0.125. The second-order valence-electron chi connectivity index (χ2n) is 4.98. The quantitative estimate of drug-likeness (QED) is 0.788. The molecule has 22 heavy (non-hydrogen) atoms. The van der Waals surface area contributed by atoms with E-state index >= 15 is 0 Å². The molecule has 3 rings (SSSR count). The van der Waals surface area contributed by atoms with Gasteiger partial charge in [-0.2, -0.15) is 0 Å². The van der Waals surface area contributed by atoms with Crippen LogP contribution in [0.1, 0.15) is 15.9 Å². The summed E-state index contributed by atoms with van der Waals surface area (Å²) in [5.41, 5.74) is 2.90. The minimum absolute atomic E-state index is 0.277.